The molecule has 0 atom stereocenters. The highest BCUT2D eigenvalue weighted by Crippen LogP contribution is 2.19. The molecule has 0 aromatic heterocycles. The first-order valence-corrected chi connectivity index (χ1v) is 9.37. The van der Waals surface area contributed by atoms with Crippen molar-refractivity contribution in [3.8, 4) is 5.75 Å². The summed E-state index contributed by atoms with van der Waals surface area (Å²) >= 11 is -0.535. The van der Waals surface area contributed by atoms with Gasteiger partial charge in [-0.3, -0.25) is 9.59 Å². The molecule has 0 spiro atoms. The first-order valence-electron chi connectivity index (χ1n) is 7.22. The van der Waals surface area contributed by atoms with Gasteiger partial charge in [0.15, 0.2) is 3.57 Å². The zero-order valence-corrected chi connectivity index (χ0v) is 15.8. The van der Waals surface area contributed by atoms with Crippen molar-refractivity contribution in [2.45, 2.75) is 20.1 Å². The van der Waals surface area contributed by atoms with E-state index in [-0.39, 0.29) is 0 Å². The fraction of sp³-hybridized carbons (Fsp3) is 0.222. The molecular formula is C18H18IO5+. The Balaban J connectivity index is 2.29. The Morgan fingerprint density at radius 3 is 2.04 bits per heavy atom. The van der Waals surface area contributed by atoms with Crippen LogP contribution in [0.3, 0.4) is 0 Å². The third-order valence-electron chi connectivity index (χ3n) is 2.97. The van der Waals surface area contributed by atoms with Crippen molar-refractivity contribution in [1.29, 1.82) is 0 Å². The van der Waals surface area contributed by atoms with E-state index in [0.29, 0.717) is 5.56 Å². The minimum Gasteiger partial charge on any atom is -0.497 e. The number of esters is 2. The van der Waals surface area contributed by atoms with Crippen molar-refractivity contribution in [2.75, 3.05) is 7.11 Å². The van der Waals surface area contributed by atoms with Gasteiger partial charge in [0.05, 0.1) is 12.7 Å². The monoisotopic (exact) mass is 441 g/mol. The third-order valence-corrected chi connectivity index (χ3v) is 5.87. The highest BCUT2D eigenvalue weighted by Gasteiger charge is 2.28. The second-order valence-electron chi connectivity index (χ2n) is 4.82. The van der Waals surface area contributed by atoms with Gasteiger partial charge < -0.3 is 14.2 Å². The van der Waals surface area contributed by atoms with Crippen LogP contribution in [-0.2, 0) is 19.1 Å². The summed E-state index contributed by atoms with van der Waals surface area (Å²) in [6.45, 7) is 2.58. The van der Waals surface area contributed by atoms with Gasteiger partial charge in [0.25, 0.3) is 6.29 Å². The van der Waals surface area contributed by atoms with Crippen molar-refractivity contribution in [1.82, 2.24) is 0 Å². The molecule has 0 unspecified atom stereocenters. The number of hydrogen-bond acceptors (Lipinski definition) is 5. The summed E-state index contributed by atoms with van der Waals surface area (Å²) in [7, 11) is 1.63. The van der Waals surface area contributed by atoms with Gasteiger partial charge in [-0.15, -0.1) is 0 Å². The van der Waals surface area contributed by atoms with E-state index in [9.17, 15) is 9.59 Å². The quantitative estimate of drug-likeness (QED) is 0.358. The van der Waals surface area contributed by atoms with E-state index in [1.165, 1.54) is 17.4 Å². The van der Waals surface area contributed by atoms with Gasteiger partial charge in [-0.05, 0) is 36.4 Å². The molecule has 0 N–H and O–H groups in total. The Hall–Kier alpha value is -2.09. The molecule has 5 nitrogen and oxygen atoms in total. The van der Waals surface area contributed by atoms with E-state index in [2.05, 4.69) is 0 Å². The minimum atomic E-state index is -1.02. The standard InChI is InChI=1S/C18H18IO5/c1-12(20)23-18(24-13(2)21)16-6-4-5-7-17(16)19-14-8-10-15(22-3)11-9-14/h4-11,18H,1-3H3/q+1. The van der Waals surface area contributed by atoms with Crippen LogP contribution in [0.15, 0.2) is 48.5 Å². The van der Waals surface area contributed by atoms with Gasteiger partial charge in [0, 0.05) is 13.8 Å². The summed E-state index contributed by atoms with van der Waals surface area (Å²) in [5, 5.41) is 0. The molecule has 0 amide bonds. The second kappa shape index (κ2) is 8.68. The molecule has 2 rings (SSSR count). The normalized spacial score (nSPS) is 10.3. The number of halogens is 1. The van der Waals surface area contributed by atoms with E-state index in [0.717, 1.165) is 9.32 Å². The van der Waals surface area contributed by atoms with Crippen LogP contribution in [0, 0.1) is 7.14 Å². The molecule has 0 heterocycles. The Kier molecular flexibility index (Phi) is 6.60. The third kappa shape index (κ3) is 5.23. The molecule has 0 fully saturated rings. The van der Waals surface area contributed by atoms with Crippen LogP contribution >= 0.6 is 0 Å². The molecular weight excluding hydrogens is 423 g/mol. The van der Waals surface area contributed by atoms with Crippen LogP contribution in [0.2, 0.25) is 0 Å². The molecule has 0 saturated heterocycles. The molecule has 0 aliphatic heterocycles. The zero-order valence-electron chi connectivity index (χ0n) is 13.6. The van der Waals surface area contributed by atoms with Crippen molar-refractivity contribution in [3.63, 3.8) is 0 Å². The van der Waals surface area contributed by atoms with Gasteiger partial charge >= 0.3 is 33.1 Å². The molecule has 0 bridgehead atoms. The van der Waals surface area contributed by atoms with E-state index >= 15 is 0 Å². The van der Waals surface area contributed by atoms with E-state index in [1.54, 1.807) is 7.11 Å². The topological polar surface area (TPSA) is 61.8 Å². The first kappa shape index (κ1) is 18.3. The lowest BCUT2D eigenvalue weighted by molar-refractivity contribution is -0.599. The van der Waals surface area contributed by atoms with Gasteiger partial charge in [-0.1, -0.05) is 12.1 Å². The van der Waals surface area contributed by atoms with Crippen LogP contribution in [-0.4, -0.2) is 19.0 Å². The highest BCUT2D eigenvalue weighted by atomic mass is 127. The summed E-state index contributed by atoms with van der Waals surface area (Å²) in [4.78, 5) is 22.7. The Bertz CT molecular complexity index is 696. The summed E-state index contributed by atoms with van der Waals surface area (Å²) in [5.74, 6) is -0.203. The molecule has 24 heavy (non-hydrogen) atoms. The van der Waals surface area contributed by atoms with Gasteiger partial charge in [0.2, 0.25) is 3.57 Å². The van der Waals surface area contributed by atoms with E-state index < -0.39 is 39.4 Å². The number of hydrogen-bond donors (Lipinski definition) is 0. The predicted octanol–water partition coefficient (Wildman–Crippen LogP) is -0.0516. The average Bonchev–Trinajstić information content (AvgIpc) is 2.54. The maximum absolute atomic E-state index is 11.3. The SMILES string of the molecule is COc1ccc([I+]c2ccccc2C(OC(C)=O)OC(C)=O)cc1. The maximum Gasteiger partial charge on any atom is 0.358 e. The van der Waals surface area contributed by atoms with Crippen LogP contribution in [0.5, 0.6) is 5.75 Å². The lowest BCUT2D eigenvalue weighted by Gasteiger charge is -2.16. The lowest BCUT2D eigenvalue weighted by atomic mass is 10.2. The molecule has 0 saturated carbocycles. The number of ether oxygens (including phenoxy) is 3. The molecule has 0 radical (unpaired) electrons. The zero-order chi connectivity index (χ0) is 17.5. The summed E-state index contributed by atoms with van der Waals surface area (Å²) in [6.07, 6.45) is -1.02. The van der Waals surface area contributed by atoms with Crippen molar-refractivity contribution in [3.05, 3.63) is 61.2 Å². The smallest absolute Gasteiger partial charge is 0.358 e. The highest BCUT2D eigenvalue weighted by molar-refractivity contribution is 5.68. The van der Waals surface area contributed by atoms with Crippen LogP contribution in [0.25, 0.3) is 0 Å². The number of benzene rings is 2. The predicted molar refractivity (Wildman–Crippen MR) is 83.1 cm³/mol. The van der Waals surface area contributed by atoms with Crippen molar-refractivity contribution < 1.29 is 45.0 Å². The van der Waals surface area contributed by atoms with Crippen molar-refractivity contribution in [2.24, 2.45) is 0 Å². The number of carbonyl (C=O) groups excluding carboxylic acids is 2. The van der Waals surface area contributed by atoms with Gasteiger partial charge in [0.1, 0.15) is 5.75 Å². The van der Waals surface area contributed by atoms with Crippen molar-refractivity contribution >= 4 is 11.9 Å². The Labute approximate surface area is 151 Å². The van der Waals surface area contributed by atoms with Gasteiger partial charge in [-0.2, -0.15) is 0 Å². The van der Waals surface area contributed by atoms with Crippen LogP contribution in [0.1, 0.15) is 25.7 Å². The summed E-state index contributed by atoms with van der Waals surface area (Å²) in [5.41, 5.74) is 0.700. The number of carbonyl (C=O) groups is 2. The molecule has 2 aromatic rings. The largest absolute Gasteiger partial charge is 0.497 e. The molecule has 0 aliphatic rings. The van der Waals surface area contributed by atoms with Crippen LogP contribution < -0.4 is 25.9 Å². The fourth-order valence-corrected chi connectivity index (χ4v) is 4.48. The number of methoxy groups -OCH3 is 1. The maximum atomic E-state index is 11.3. The van der Waals surface area contributed by atoms with Crippen LogP contribution in [0.4, 0.5) is 0 Å². The average molecular weight is 441 g/mol. The molecule has 6 heteroatoms. The number of rotatable bonds is 6. The summed E-state index contributed by atoms with van der Waals surface area (Å²) < 4.78 is 17.7. The minimum absolute atomic E-state index is 0.501. The molecule has 2 aromatic carbocycles. The second-order valence-corrected chi connectivity index (χ2v) is 7.77. The Morgan fingerprint density at radius 1 is 0.917 bits per heavy atom. The molecule has 0 aliphatic carbocycles. The molecule has 126 valence electrons. The summed E-state index contributed by atoms with van der Waals surface area (Å²) in [6, 6.07) is 15.4. The van der Waals surface area contributed by atoms with Gasteiger partial charge in [-0.25, -0.2) is 0 Å². The lowest BCUT2D eigenvalue weighted by Crippen LogP contribution is -3.61. The Morgan fingerprint density at radius 2 is 1.50 bits per heavy atom. The fourth-order valence-electron chi connectivity index (χ4n) is 1.96. The first-order chi connectivity index (χ1) is 11.5. The van der Waals surface area contributed by atoms with E-state index in [1.807, 2.05) is 48.5 Å². The van der Waals surface area contributed by atoms with E-state index in [4.69, 9.17) is 14.2 Å².